The Labute approximate surface area is 178 Å². The second-order valence-electron chi connectivity index (χ2n) is 6.65. The average molecular weight is 449 g/mol. The van der Waals surface area contributed by atoms with E-state index in [1.807, 2.05) is 0 Å². The number of ether oxygens (including phenoxy) is 1. The monoisotopic (exact) mass is 448 g/mol. The van der Waals surface area contributed by atoms with Crippen molar-refractivity contribution < 1.29 is 26.7 Å². The molecule has 0 spiro atoms. The Balaban J connectivity index is 1.82. The van der Waals surface area contributed by atoms with Crippen LogP contribution in [0.1, 0.15) is 11.3 Å². The van der Waals surface area contributed by atoms with E-state index in [4.69, 9.17) is 20.8 Å². The largest absolute Gasteiger partial charge is 0.489 e. The lowest BCUT2D eigenvalue weighted by Crippen LogP contribution is -2.16. The molecule has 1 aromatic heterocycles. The van der Waals surface area contributed by atoms with E-state index in [1.165, 1.54) is 54.6 Å². The molecule has 4 rings (SSSR count). The van der Waals surface area contributed by atoms with Crippen LogP contribution in [0.4, 0.5) is 17.6 Å². The van der Waals surface area contributed by atoms with Crippen LogP contribution >= 0.6 is 11.6 Å². The summed E-state index contributed by atoms with van der Waals surface area (Å²) in [6, 6.07) is 15.6. The van der Waals surface area contributed by atoms with E-state index < -0.39 is 28.7 Å². The van der Waals surface area contributed by atoms with Crippen molar-refractivity contribution in [1.82, 2.24) is 0 Å². The molecule has 0 radical (unpaired) electrons. The van der Waals surface area contributed by atoms with Crippen molar-refractivity contribution in [2.45, 2.75) is 12.8 Å². The Morgan fingerprint density at radius 2 is 1.68 bits per heavy atom. The first-order chi connectivity index (χ1) is 14.8. The van der Waals surface area contributed by atoms with Crippen molar-refractivity contribution in [3.8, 4) is 16.9 Å². The molecule has 0 saturated heterocycles. The summed E-state index contributed by atoms with van der Waals surface area (Å²) >= 11 is 6.04. The van der Waals surface area contributed by atoms with Crippen LogP contribution in [0, 0.1) is 5.82 Å². The van der Waals surface area contributed by atoms with Gasteiger partial charge in [-0.25, -0.2) is 4.39 Å². The van der Waals surface area contributed by atoms with Crippen molar-refractivity contribution in [2.24, 2.45) is 0 Å². The summed E-state index contributed by atoms with van der Waals surface area (Å²) in [5.74, 6) is -1.81. The maximum atomic E-state index is 13.7. The molecular formula is C23H13ClF4O3. The van der Waals surface area contributed by atoms with E-state index in [1.54, 1.807) is 12.1 Å². The summed E-state index contributed by atoms with van der Waals surface area (Å²) < 4.78 is 65.6. The van der Waals surface area contributed by atoms with Crippen molar-refractivity contribution in [1.29, 1.82) is 0 Å². The van der Waals surface area contributed by atoms with Crippen molar-refractivity contribution in [3.63, 3.8) is 0 Å². The fourth-order valence-electron chi connectivity index (χ4n) is 3.15. The minimum absolute atomic E-state index is 0.00973. The van der Waals surface area contributed by atoms with Crippen molar-refractivity contribution in [2.75, 3.05) is 0 Å². The lowest BCUT2D eigenvalue weighted by molar-refractivity contribution is -0.152. The topological polar surface area (TPSA) is 39.4 Å². The number of benzene rings is 3. The second kappa shape index (κ2) is 8.07. The zero-order valence-corrected chi connectivity index (χ0v) is 16.4. The zero-order valence-electron chi connectivity index (χ0n) is 15.7. The summed E-state index contributed by atoms with van der Waals surface area (Å²) in [4.78, 5) is 13.0. The molecule has 1 heterocycles. The Bertz CT molecular complexity index is 1330. The van der Waals surface area contributed by atoms with Crippen LogP contribution in [-0.2, 0) is 12.8 Å². The highest BCUT2D eigenvalue weighted by molar-refractivity contribution is 6.33. The van der Waals surface area contributed by atoms with Crippen LogP contribution in [0.2, 0.25) is 5.02 Å². The predicted octanol–water partition coefficient (Wildman–Crippen LogP) is 6.85. The van der Waals surface area contributed by atoms with Gasteiger partial charge in [0.15, 0.2) is 0 Å². The van der Waals surface area contributed by atoms with E-state index in [-0.39, 0.29) is 39.5 Å². The number of alkyl halides is 3. The van der Waals surface area contributed by atoms with Crippen LogP contribution in [0.3, 0.4) is 0 Å². The number of halogens is 5. The van der Waals surface area contributed by atoms with Crippen LogP contribution in [0.15, 0.2) is 75.9 Å². The standard InChI is InChI=1S/C23H13ClF4O3/c24-17-7-3-2-6-15(17)20-21(29)16-10-9-14(11-19(16)31-22(20)23(26,27)28)30-12-13-5-1-4-8-18(13)25/h1-11H,12H2. The van der Waals surface area contributed by atoms with Gasteiger partial charge in [0.2, 0.25) is 11.2 Å². The van der Waals surface area contributed by atoms with Gasteiger partial charge in [-0.15, -0.1) is 0 Å². The van der Waals surface area contributed by atoms with Gasteiger partial charge in [-0.2, -0.15) is 13.2 Å². The highest BCUT2D eigenvalue weighted by Gasteiger charge is 2.39. The first-order valence-corrected chi connectivity index (χ1v) is 9.42. The lowest BCUT2D eigenvalue weighted by Gasteiger charge is -2.14. The number of hydrogen-bond donors (Lipinski definition) is 0. The molecule has 0 fully saturated rings. The molecule has 0 saturated carbocycles. The number of hydrogen-bond acceptors (Lipinski definition) is 3. The van der Waals surface area contributed by atoms with Crippen molar-refractivity contribution in [3.05, 3.63) is 99.1 Å². The maximum absolute atomic E-state index is 13.7. The van der Waals surface area contributed by atoms with Gasteiger partial charge in [-0.1, -0.05) is 48.0 Å². The molecule has 0 aliphatic heterocycles. The molecule has 0 unspecified atom stereocenters. The van der Waals surface area contributed by atoms with Gasteiger partial charge in [0.05, 0.1) is 10.9 Å². The van der Waals surface area contributed by atoms with E-state index in [0.29, 0.717) is 0 Å². The molecule has 158 valence electrons. The number of fused-ring (bicyclic) bond motifs is 1. The predicted molar refractivity (Wildman–Crippen MR) is 109 cm³/mol. The Hall–Kier alpha value is -3.32. The molecule has 0 N–H and O–H groups in total. The molecule has 8 heteroatoms. The number of rotatable bonds is 4. The molecule has 3 nitrogen and oxygen atoms in total. The molecule has 0 aliphatic rings. The second-order valence-corrected chi connectivity index (χ2v) is 7.06. The molecule has 31 heavy (non-hydrogen) atoms. The highest BCUT2D eigenvalue weighted by atomic mass is 35.5. The first kappa shape index (κ1) is 20.9. The van der Waals surface area contributed by atoms with Crippen LogP contribution < -0.4 is 10.2 Å². The zero-order chi connectivity index (χ0) is 22.2. The van der Waals surface area contributed by atoms with Gasteiger partial charge in [0.25, 0.3) is 0 Å². The molecule has 4 aromatic rings. The third-order valence-electron chi connectivity index (χ3n) is 4.62. The normalized spacial score (nSPS) is 11.6. The van der Waals surface area contributed by atoms with E-state index in [2.05, 4.69) is 0 Å². The summed E-state index contributed by atoms with van der Waals surface area (Å²) in [5, 5.41) is -0.0781. The minimum atomic E-state index is -4.94. The van der Waals surface area contributed by atoms with Gasteiger partial charge in [0.1, 0.15) is 23.8 Å². The molecule has 0 atom stereocenters. The first-order valence-electron chi connectivity index (χ1n) is 9.05. The van der Waals surface area contributed by atoms with E-state index >= 15 is 0 Å². The molecule has 3 aromatic carbocycles. The van der Waals surface area contributed by atoms with E-state index in [9.17, 15) is 22.4 Å². The smallest absolute Gasteiger partial charge is 0.450 e. The van der Waals surface area contributed by atoms with Gasteiger partial charge in [0, 0.05) is 22.2 Å². The average Bonchev–Trinajstić information content (AvgIpc) is 2.73. The molecule has 0 amide bonds. The Morgan fingerprint density at radius 3 is 2.39 bits per heavy atom. The summed E-state index contributed by atoms with van der Waals surface area (Å²) in [6.07, 6.45) is -4.94. The van der Waals surface area contributed by atoms with Gasteiger partial charge in [-0.05, 0) is 24.3 Å². The maximum Gasteiger partial charge on any atom is 0.450 e. The highest BCUT2D eigenvalue weighted by Crippen LogP contribution is 2.39. The van der Waals surface area contributed by atoms with Crippen molar-refractivity contribution >= 4 is 22.6 Å². The van der Waals surface area contributed by atoms with E-state index in [0.717, 1.165) is 0 Å². The summed E-state index contributed by atoms with van der Waals surface area (Å²) in [7, 11) is 0. The van der Waals surface area contributed by atoms with Gasteiger partial charge in [-0.3, -0.25) is 4.79 Å². The van der Waals surface area contributed by atoms with Gasteiger partial charge >= 0.3 is 6.18 Å². The Kier molecular flexibility index (Phi) is 5.45. The van der Waals surface area contributed by atoms with Crippen LogP contribution in [-0.4, -0.2) is 0 Å². The molecule has 0 bridgehead atoms. The Morgan fingerprint density at radius 1 is 0.968 bits per heavy atom. The fraction of sp³-hybridized carbons (Fsp3) is 0.0870. The molecular weight excluding hydrogens is 436 g/mol. The fourth-order valence-corrected chi connectivity index (χ4v) is 3.38. The third kappa shape index (κ3) is 4.14. The SMILES string of the molecule is O=c1c(-c2ccccc2Cl)c(C(F)(F)F)oc2cc(OCc3ccccc3F)ccc12. The quantitative estimate of drug-likeness (QED) is 0.320. The lowest BCUT2D eigenvalue weighted by atomic mass is 10.0. The molecule has 0 aliphatic carbocycles. The third-order valence-corrected chi connectivity index (χ3v) is 4.95. The minimum Gasteiger partial charge on any atom is -0.489 e. The summed E-state index contributed by atoms with van der Waals surface area (Å²) in [5.41, 5.74) is -1.65. The van der Waals surface area contributed by atoms with Crippen LogP contribution in [0.25, 0.3) is 22.1 Å². The summed E-state index contributed by atoms with van der Waals surface area (Å²) in [6.45, 7) is -0.147. The van der Waals surface area contributed by atoms with Crippen LogP contribution in [0.5, 0.6) is 5.75 Å². The van der Waals surface area contributed by atoms with Gasteiger partial charge < -0.3 is 9.15 Å².